The van der Waals surface area contributed by atoms with Crippen molar-refractivity contribution in [2.75, 3.05) is 20.1 Å². The summed E-state index contributed by atoms with van der Waals surface area (Å²) >= 11 is 0. The number of likely N-dealkylation sites (N-methyl/N-ethyl adjacent to an activating group) is 1. The Bertz CT molecular complexity index is 243. The number of carbonyl (C=O) groups excluding carboxylic acids is 1. The van der Waals surface area contributed by atoms with E-state index in [9.17, 15) is 4.79 Å². The van der Waals surface area contributed by atoms with E-state index in [1.54, 1.807) is 0 Å². The highest BCUT2D eigenvalue weighted by Gasteiger charge is 2.33. The maximum Gasteiger partial charge on any atom is 0.234 e. The molecule has 94 valence electrons. The minimum atomic E-state index is -0.157. The molecule has 0 aromatic rings. The third-order valence-corrected chi connectivity index (χ3v) is 2.88. The van der Waals surface area contributed by atoms with Crippen LogP contribution in [0, 0.1) is 5.92 Å². The molecule has 0 bridgehead atoms. The van der Waals surface area contributed by atoms with Crippen LogP contribution < -0.4 is 11.1 Å². The van der Waals surface area contributed by atoms with Crippen molar-refractivity contribution in [1.82, 2.24) is 10.2 Å². The fourth-order valence-electron chi connectivity index (χ4n) is 2.01. The fourth-order valence-corrected chi connectivity index (χ4v) is 2.01. The predicted molar refractivity (Wildman–Crippen MR) is 66.1 cm³/mol. The molecular weight excluding hydrogens is 202 g/mol. The van der Waals surface area contributed by atoms with Crippen LogP contribution in [-0.2, 0) is 4.79 Å². The lowest BCUT2D eigenvalue weighted by atomic mass is 10.1. The summed E-state index contributed by atoms with van der Waals surface area (Å²) in [7, 11) is 1.98. The molecule has 1 saturated carbocycles. The van der Waals surface area contributed by atoms with Crippen molar-refractivity contribution in [3.05, 3.63) is 0 Å². The van der Waals surface area contributed by atoms with Crippen LogP contribution in [-0.4, -0.2) is 42.5 Å². The lowest BCUT2D eigenvalue weighted by molar-refractivity contribution is -0.123. The van der Waals surface area contributed by atoms with Gasteiger partial charge in [0.2, 0.25) is 5.91 Å². The summed E-state index contributed by atoms with van der Waals surface area (Å²) in [5, 5.41) is 2.97. The molecule has 4 nitrogen and oxygen atoms in total. The Hall–Kier alpha value is -0.610. The first-order valence-electron chi connectivity index (χ1n) is 6.05. The fraction of sp³-hybridized carbons (Fsp3) is 0.917. The van der Waals surface area contributed by atoms with E-state index >= 15 is 0 Å². The number of nitrogens with zero attached hydrogens (tertiary/aromatic N) is 1. The van der Waals surface area contributed by atoms with Gasteiger partial charge in [-0.15, -0.1) is 0 Å². The van der Waals surface area contributed by atoms with E-state index in [2.05, 4.69) is 10.2 Å². The monoisotopic (exact) mass is 227 g/mol. The Morgan fingerprint density at radius 2 is 2.06 bits per heavy atom. The van der Waals surface area contributed by atoms with Crippen LogP contribution in [0.2, 0.25) is 0 Å². The summed E-state index contributed by atoms with van der Waals surface area (Å²) in [6.45, 7) is 7.06. The van der Waals surface area contributed by atoms with Crippen molar-refractivity contribution in [3.8, 4) is 0 Å². The van der Waals surface area contributed by atoms with Crippen molar-refractivity contribution in [2.45, 2.75) is 45.2 Å². The van der Waals surface area contributed by atoms with Gasteiger partial charge in [-0.3, -0.25) is 9.69 Å². The molecule has 0 aromatic carbocycles. The zero-order valence-corrected chi connectivity index (χ0v) is 10.9. The minimum Gasteiger partial charge on any atom is -0.350 e. The molecule has 0 heterocycles. The normalized spacial score (nSPS) is 18.6. The Morgan fingerprint density at radius 1 is 1.50 bits per heavy atom. The molecule has 0 radical (unpaired) electrons. The molecule has 1 atom stereocenters. The van der Waals surface area contributed by atoms with E-state index in [-0.39, 0.29) is 11.4 Å². The summed E-state index contributed by atoms with van der Waals surface area (Å²) in [6.07, 6.45) is 2.51. The first-order chi connectivity index (χ1) is 7.33. The summed E-state index contributed by atoms with van der Waals surface area (Å²) in [6, 6.07) is 0.366. The molecule has 1 aliphatic carbocycles. The van der Waals surface area contributed by atoms with Crippen molar-refractivity contribution >= 4 is 5.91 Å². The number of nitrogens with one attached hydrogen (secondary N) is 1. The lowest BCUT2D eigenvalue weighted by Crippen LogP contribution is -2.49. The molecule has 3 N–H and O–H groups in total. The van der Waals surface area contributed by atoms with Crippen LogP contribution in [0.1, 0.15) is 33.6 Å². The molecule has 0 aliphatic heterocycles. The zero-order chi connectivity index (χ0) is 12.3. The van der Waals surface area contributed by atoms with Crippen LogP contribution in [0.3, 0.4) is 0 Å². The second kappa shape index (κ2) is 5.15. The van der Waals surface area contributed by atoms with Crippen molar-refractivity contribution < 1.29 is 4.79 Å². The predicted octanol–water partition coefficient (Wildman–Crippen LogP) is 0.570. The lowest BCUT2D eigenvalue weighted by Gasteiger charge is -2.28. The summed E-state index contributed by atoms with van der Waals surface area (Å²) in [4.78, 5) is 13.8. The summed E-state index contributed by atoms with van der Waals surface area (Å²) < 4.78 is 0. The van der Waals surface area contributed by atoms with Gasteiger partial charge in [0.05, 0.1) is 6.54 Å². The van der Waals surface area contributed by atoms with Crippen molar-refractivity contribution in [1.29, 1.82) is 0 Å². The number of carbonyl (C=O) groups is 1. The number of hydrogen-bond donors (Lipinski definition) is 2. The van der Waals surface area contributed by atoms with Gasteiger partial charge in [0.25, 0.3) is 0 Å². The van der Waals surface area contributed by atoms with Crippen molar-refractivity contribution in [2.24, 2.45) is 11.7 Å². The van der Waals surface area contributed by atoms with Gasteiger partial charge >= 0.3 is 0 Å². The molecule has 0 saturated heterocycles. The SMILES string of the molecule is CN(CC(=O)NC(C)(C)C)C(CN)C1CC1. The van der Waals surface area contributed by atoms with Crippen molar-refractivity contribution in [3.63, 3.8) is 0 Å². The van der Waals surface area contributed by atoms with Gasteiger partial charge < -0.3 is 11.1 Å². The van der Waals surface area contributed by atoms with Gasteiger partial charge in [0.15, 0.2) is 0 Å². The van der Waals surface area contributed by atoms with Gasteiger partial charge in [-0.25, -0.2) is 0 Å². The maximum atomic E-state index is 11.7. The van der Waals surface area contributed by atoms with Gasteiger partial charge in [0, 0.05) is 18.1 Å². The van der Waals surface area contributed by atoms with Crippen LogP contribution >= 0.6 is 0 Å². The second-order valence-electron chi connectivity index (χ2n) is 5.85. The Balaban J connectivity index is 2.37. The third-order valence-electron chi connectivity index (χ3n) is 2.88. The second-order valence-corrected chi connectivity index (χ2v) is 5.85. The summed E-state index contributed by atoms with van der Waals surface area (Å²) in [5.74, 6) is 0.784. The average Bonchev–Trinajstić information content (AvgIpc) is 2.85. The quantitative estimate of drug-likeness (QED) is 0.722. The first-order valence-corrected chi connectivity index (χ1v) is 6.05. The molecule has 0 spiro atoms. The van der Waals surface area contributed by atoms with E-state index in [0.717, 1.165) is 0 Å². The van der Waals surface area contributed by atoms with E-state index < -0.39 is 0 Å². The van der Waals surface area contributed by atoms with Gasteiger partial charge in [0.1, 0.15) is 0 Å². The van der Waals surface area contributed by atoms with Gasteiger partial charge in [-0.2, -0.15) is 0 Å². The van der Waals surface area contributed by atoms with E-state index in [1.165, 1.54) is 12.8 Å². The molecule has 1 fully saturated rings. The third kappa shape index (κ3) is 4.49. The number of amides is 1. The topological polar surface area (TPSA) is 58.4 Å². The number of rotatable bonds is 5. The number of nitrogens with two attached hydrogens (primary N) is 1. The average molecular weight is 227 g/mol. The molecule has 4 heteroatoms. The smallest absolute Gasteiger partial charge is 0.234 e. The van der Waals surface area contributed by atoms with E-state index in [0.29, 0.717) is 25.0 Å². The molecule has 0 aromatic heterocycles. The Kier molecular flexibility index (Phi) is 4.33. The van der Waals surface area contributed by atoms with Crippen LogP contribution in [0.25, 0.3) is 0 Å². The number of hydrogen-bond acceptors (Lipinski definition) is 3. The molecule has 1 rings (SSSR count). The largest absolute Gasteiger partial charge is 0.350 e. The Labute approximate surface area is 98.6 Å². The summed E-state index contributed by atoms with van der Waals surface area (Å²) in [5.41, 5.74) is 5.59. The molecular formula is C12H25N3O. The maximum absolute atomic E-state index is 11.7. The zero-order valence-electron chi connectivity index (χ0n) is 10.9. The molecule has 16 heavy (non-hydrogen) atoms. The standard InChI is InChI=1S/C12H25N3O/c1-12(2,3)14-11(16)8-15(4)10(7-13)9-5-6-9/h9-10H,5-8,13H2,1-4H3,(H,14,16). The highest BCUT2D eigenvalue weighted by Crippen LogP contribution is 2.34. The minimum absolute atomic E-state index is 0.0779. The van der Waals surface area contributed by atoms with Crippen LogP contribution in [0.4, 0.5) is 0 Å². The highest BCUT2D eigenvalue weighted by atomic mass is 16.2. The van der Waals surface area contributed by atoms with Gasteiger partial charge in [-0.1, -0.05) is 0 Å². The van der Waals surface area contributed by atoms with Crippen LogP contribution in [0.15, 0.2) is 0 Å². The van der Waals surface area contributed by atoms with E-state index in [4.69, 9.17) is 5.73 Å². The Morgan fingerprint density at radius 3 is 2.44 bits per heavy atom. The molecule has 1 aliphatic rings. The highest BCUT2D eigenvalue weighted by molar-refractivity contribution is 5.78. The van der Waals surface area contributed by atoms with E-state index in [1.807, 2.05) is 27.8 Å². The van der Waals surface area contributed by atoms with Gasteiger partial charge in [-0.05, 0) is 46.6 Å². The first kappa shape index (κ1) is 13.5. The van der Waals surface area contributed by atoms with Crippen LogP contribution in [0.5, 0.6) is 0 Å². The molecule has 1 amide bonds. The molecule has 1 unspecified atom stereocenters.